The second-order valence-electron chi connectivity index (χ2n) is 24.2. The van der Waals surface area contributed by atoms with E-state index < -0.39 is 91.4 Å². The number of methoxy groups -OCH3 is 1. The molecule has 0 aromatic heterocycles. The van der Waals surface area contributed by atoms with Crippen molar-refractivity contribution in [3.63, 3.8) is 0 Å². The summed E-state index contributed by atoms with van der Waals surface area (Å²) in [7, 11) is 15.0. The minimum atomic E-state index is -2.14. The molecule has 0 spiro atoms. The van der Waals surface area contributed by atoms with Gasteiger partial charge < -0.3 is 102 Å². The average molecular weight is 1030 g/mol. The molecule has 6 heterocycles. The molecule has 0 aromatic rings. The molecule has 6 rings (SSSR count). The maximum atomic E-state index is 12.7. The van der Waals surface area contributed by atoms with E-state index in [1.54, 1.807) is 6.92 Å². The van der Waals surface area contributed by atoms with Crippen LogP contribution in [0.1, 0.15) is 46.0 Å². The van der Waals surface area contributed by atoms with E-state index in [1.807, 2.05) is 0 Å². The summed E-state index contributed by atoms with van der Waals surface area (Å²) < 4.78 is 57.6. The van der Waals surface area contributed by atoms with Crippen LogP contribution in [0.5, 0.6) is 0 Å². The van der Waals surface area contributed by atoms with E-state index in [0.717, 1.165) is 47.4 Å². The zero-order valence-electron chi connectivity index (χ0n) is 44.2. The molecule has 0 saturated carbocycles. The van der Waals surface area contributed by atoms with Crippen LogP contribution in [0.15, 0.2) is 0 Å². The summed E-state index contributed by atoms with van der Waals surface area (Å²) in [5.74, 6) is -0.239. The van der Waals surface area contributed by atoms with Gasteiger partial charge in [0.1, 0.15) is 54.9 Å². The van der Waals surface area contributed by atoms with E-state index in [2.05, 4.69) is 49.2 Å². The molecule has 21 atom stereocenters. The number of ether oxygens (including phenoxy) is 9. The highest BCUT2D eigenvalue weighted by Crippen LogP contribution is 2.47. The minimum absolute atomic E-state index is 0.0112. The van der Waals surface area contributed by atoms with Crippen LogP contribution in [-0.4, -0.2) is 293 Å². The molecule has 0 aromatic carbocycles. The lowest BCUT2D eigenvalue weighted by atomic mass is 9.78. The summed E-state index contributed by atoms with van der Waals surface area (Å²) >= 11 is 0. The number of quaternary nitrogens is 3. The van der Waals surface area contributed by atoms with Gasteiger partial charge in [-0.3, -0.25) is 0 Å². The summed E-state index contributed by atoms with van der Waals surface area (Å²) in [6.07, 6.45) is -14.6. The molecular weight excluding hydrogens is 931 g/mol. The SMILES string of the molecule is COC1OC(COCCO)C(OC2(CC3C[N+](C)(C)CC3CCC3C[N+](C)(C)CC3CCC3C[N+](C)(C)CC3C)OC(COCCO)C(OC3OC(COCCO)C(C)C(O)C3O)C(O)C2O)C(O)C1O. The smallest absolute Gasteiger partial charge is 0.198 e. The van der Waals surface area contributed by atoms with Crippen LogP contribution in [0, 0.1) is 41.4 Å². The second-order valence-corrected chi connectivity index (χ2v) is 24.2. The Balaban J connectivity index is 1.31. The fraction of sp³-hybridized carbons (Fsp3) is 1.00. The van der Waals surface area contributed by atoms with Gasteiger partial charge in [-0.25, -0.2) is 0 Å². The first kappa shape index (κ1) is 59.4. The van der Waals surface area contributed by atoms with E-state index in [4.69, 9.17) is 42.6 Å². The van der Waals surface area contributed by atoms with Crippen LogP contribution in [-0.2, 0) is 42.6 Å². The van der Waals surface area contributed by atoms with Crippen LogP contribution in [0.4, 0.5) is 0 Å². The normalized spacial score (nSPS) is 44.4. The van der Waals surface area contributed by atoms with Crippen molar-refractivity contribution in [3.05, 3.63) is 0 Å². The van der Waals surface area contributed by atoms with Crippen molar-refractivity contribution in [2.75, 3.05) is 148 Å². The fourth-order valence-electron chi connectivity index (χ4n) is 13.5. The van der Waals surface area contributed by atoms with Crippen molar-refractivity contribution in [2.24, 2.45) is 41.4 Å². The van der Waals surface area contributed by atoms with Gasteiger partial charge in [-0.1, -0.05) is 13.8 Å². The van der Waals surface area contributed by atoms with Crippen LogP contribution in [0.2, 0.25) is 0 Å². The Labute approximate surface area is 422 Å². The van der Waals surface area contributed by atoms with Crippen molar-refractivity contribution < 1.29 is 102 Å². The Morgan fingerprint density at radius 3 is 1.48 bits per heavy atom. The summed E-state index contributed by atoms with van der Waals surface area (Å²) in [6, 6.07) is 0. The molecule has 9 N–H and O–H groups in total. The minimum Gasteiger partial charge on any atom is -0.394 e. The van der Waals surface area contributed by atoms with Crippen LogP contribution >= 0.6 is 0 Å². The third kappa shape index (κ3) is 14.8. The summed E-state index contributed by atoms with van der Waals surface area (Å²) in [6.45, 7) is 8.59. The molecule has 0 amide bonds. The van der Waals surface area contributed by atoms with Crippen molar-refractivity contribution >= 4 is 0 Å². The molecule has 0 bridgehead atoms. The molecular formula is C50H96N3O18+3. The number of aliphatic hydroxyl groups excluding tert-OH is 9. The second kappa shape index (κ2) is 25.5. The zero-order chi connectivity index (χ0) is 52.1. The largest absolute Gasteiger partial charge is 0.394 e. The highest BCUT2D eigenvalue weighted by atomic mass is 16.8. The lowest BCUT2D eigenvalue weighted by Gasteiger charge is -2.54. The number of rotatable bonds is 25. The Hall–Kier alpha value is -0.840. The first-order valence-electron chi connectivity index (χ1n) is 26.4. The Morgan fingerprint density at radius 1 is 0.507 bits per heavy atom. The standard InChI is InChI=1S/C50H96N3O18/c1-30-21-51(3,4)22-32(30)10-11-33-23-52(5,6)24-34(33)12-13-35-25-53(7,8)26-36(35)20-50(71-46-38(28-65-18-15-55)68-48(63-9)43(60)41(46)58)47(62)44(61)45(39(70-50)29-66-19-16-56)69-49-42(59)40(57)31(2)37(67-49)27-64-17-14-54/h30-49,54-62H,10-29H2,1-9H3/q+3. The third-order valence-electron chi connectivity index (χ3n) is 16.9. The first-order chi connectivity index (χ1) is 33.5. The molecule has 21 unspecified atom stereocenters. The highest BCUT2D eigenvalue weighted by Gasteiger charge is 2.62. The van der Waals surface area contributed by atoms with Gasteiger partial charge in [-0.15, -0.1) is 0 Å². The van der Waals surface area contributed by atoms with Crippen LogP contribution < -0.4 is 0 Å². The zero-order valence-corrected chi connectivity index (χ0v) is 44.2. The Morgan fingerprint density at radius 2 is 0.958 bits per heavy atom. The molecule has 0 aliphatic carbocycles. The fourth-order valence-corrected chi connectivity index (χ4v) is 13.5. The van der Waals surface area contributed by atoms with Gasteiger partial charge in [-0.05, 0) is 25.7 Å². The topological polar surface area (TPSA) is 265 Å². The number of hydrogen-bond acceptors (Lipinski definition) is 18. The van der Waals surface area contributed by atoms with Crippen molar-refractivity contribution in [1.82, 2.24) is 0 Å². The van der Waals surface area contributed by atoms with Crippen molar-refractivity contribution in [1.29, 1.82) is 0 Å². The van der Waals surface area contributed by atoms with Gasteiger partial charge >= 0.3 is 0 Å². The first-order valence-corrected chi connectivity index (χ1v) is 26.4. The Bertz CT molecular complexity index is 1600. The third-order valence-corrected chi connectivity index (χ3v) is 16.9. The van der Waals surface area contributed by atoms with Gasteiger partial charge in [0.2, 0.25) is 0 Å². The number of hydrogen-bond donors (Lipinski definition) is 9. The molecule has 6 saturated heterocycles. The summed E-state index contributed by atoms with van der Waals surface area (Å²) in [5, 5.41) is 99.5. The maximum absolute atomic E-state index is 12.7. The maximum Gasteiger partial charge on any atom is 0.198 e. The average Bonchev–Trinajstić information content (AvgIpc) is 3.89. The number of aliphatic hydroxyl groups is 9. The quantitative estimate of drug-likeness (QED) is 0.0345. The monoisotopic (exact) mass is 1030 g/mol. The van der Waals surface area contributed by atoms with E-state index in [-0.39, 0.29) is 77.7 Å². The molecule has 21 nitrogen and oxygen atoms in total. The Kier molecular flexibility index (Phi) is 21.4. The molecule has 21 heteroatoms. The van der Waals surface area contributed by atoms with Gasteiger partial charge in [0, 0.05) is 55.0 Å². The van der Waals surface area contributed by atoms with Gasteiger partial charge in [0.15, 0.2) is 18.4 Å². The number of nitrogens with zero attached hydrogens (tertiary/aromatic N) is 3. The predicted octanol–water partition coefficient (Wildman–Crippen LogP) is -2.29. The van der Waals surface area contributed by atoms with Gasteiger partial charge in [0.05, 0.1) is 153 Å². The van der Waals surface area contributed by atoms with Gasteiger partial charge in [-0.2, -0.15) is 0 Å². The van der Waals surface area contributed by atoms with Gasteiger partial charge in [0.25, 0.3) is 0 Å². The van der Waals surface area contributed by atoms with E-state index in [1.165, 1.54) is 33.0 Å². The van der Waals surface area contributed by atoms with E-state index in [9.17, 15) is 46.0 Å². The molecule has 416 valence electrons. The number of likely N-dealkylation sites (tertiary alicyclic amines) is 3. The van der Waals surface area contributed by atoms with Crippen LogP contribution in [0.25, 0.3) is 0 Å². The summed E-state index contributed by atoms with van der Waals surface area (Å²) in [5.41, 5.74) is 0. The highest BCUT2D eigenvalue weighted by molar-refractivity contribution is 5.03. The van der Waals surface area contributed by atoms with Crippen LogP contribution in [0.3, 0.4) is 0 Å². The molecule has 71 heavy (non-hydrogen) atoms. The lowest BCUT2D eigenvalue weighted by molar-refractivity contribution is -0.881. The molecule has 6 aliphatic rings. The molecule has 0 radical (unpaired) electrons. The molecule has 6 fully saturated rings. The lowest BCUT2D eigenvalue weighted by Crippen LogP contribution is -2.71. The predicted molar refractivity (Wildman–Crippen MR) is 256 cm³/mol. The van der Waals surface area contributed by atoms with Crippen molar-refractivity contribution in [2.45, 2.75) is 131 Å². The van der Waals surface area contributed by atoms with E-state index >= 15 is 0 Å². The van der Waals surface area contributed by atoms with E-state index in [0.29, 0.717) is 28.8 Å². The van der Waals surface area contributed by atoms with Crippen molar-refractivity contribution in [3.8, 4) is 0 Å². The summed E-state index contributed by atoms with van der Waals surface area (Å²) in [4.78, 5) is 0. The molecule has 6 aliphatic heterocycles.